The van der Waals surface area contributed by atoms with Crippen molar-refractivity contribution in [3.05, 3.63) is 35.6 Å². The van der Waals surface area contributed by atoms with Crippen LogP contribution in [-0.4, -0.2) is 66.1 Å². The van der Waals surface area contributed by atoms with Crippen LogP contribution in [0.2, 0.25) is 0 Å². The minimum Gasteiger partial charge on any atom is -0.388 e. The van der Waals surface area contributed by atoms with E-state index in [1.54, 1.807) is 12.1 Å². The number of ether oxygens (including phenoxy) is 2. The Labute approximate surface area is 166 Å². The van der Waals surface area contributed by atoms with E-state index < -0.39 is 17.2 Å². The Bertz CT molecular complexity index is 678. The van der Waals surface area contributed by atoms with Gasteiger partial charge in [-0.25, -0.2) is 4.39 Å². The average molecular weight is 394 g/mol. The number of nitrogens with one attached hydrogen (secondary N) is 1. The monoisotopic (exact) mass is 394 g/mol. The number of halogens is 1. The van der Waals surface area contributed by atoms with Gasteiger partial charge in [0.05, 0.1) is 11.1 Å². The van der Waals surface area contributed by atoms with Crippen molar-refractivity contribution in [2.45, 2.75) is 56.9 Å². The number of benzene rings is 1. The molecule has 2 N–H and O–H groups in total. The largest absolute Gasteiger partial charge is 0.388 e. The van der Waals surface area contributed by atoms with Crippen LogP contribution >= 0.6 is 0 Å². The van der Waals surface area contributed by atoms with Gasteiger partial charge in [-0.3, -0.25) is 9.69 Å². The summed E-state index contributed by atoms with van der Waals surface area (Å²) in [7, 11) is 0. The number of carbonyl (C=O) groups is 1. The fourth-order valence-electron chi connectivity index (χ4n) is 4.32. The summed E-state index contributed by atoms with van der Waals surface area (Å²) in [5.74, 6) is -0.418. The highest BCUT2D eigenvalue weighted by molar-refractivity contribution is 5.78. The van der Waals surface area contributed by atoms with Crippen LogP contribution in [0.3, 0.4) is 0 Å². The maximum Gasteiger partial charge on any atom is 0.246 e. The van der Waals surface area contributed by atoms with E-state index in [1.165, 1.54) is 6.07 Å². The van der Waals surface area contributed by atoms with E-state index in [-0.39, 0.29) is 18.3 Å². The van der Waals surface area contributed by atoms with Crippen molar-refractivity contribution in [2.24, 2.45) is 0 Å². The van der Waals surface area contributed by atoms with Crippen LogP contribution in [0.4, 0.5) is 4.39 Å². The number of aliphatic hydroxyl groups excluding tert-OH is 1. The molecule has 0 radical (unpaired) electrons. The molecule has 0 aliphatic carbocycles. The molecular formula is C21H31FN2O4. The van der Waals surface area contributed by atoms with Crippen molar-refractivity contribution in [2.75, 3.05) is 32.9 Å². The molecule has 7 heteroatoms. The minimum atomic E-state index is -0.810. The zero-order valence-electron chi connectivity index (χ0n) is 16.7. The molecule has 1 amide bonds. The number of piperidine rings is 1. The zero-order valence-corrected chi connectivity index (χ0v) is 16.7. The molecule has 0 unspecified atom stereocenters. The van der Waals surface area contributed by atoms with Gasteiger partial charge < -0.3 is 19.9 Å². The van der Waals surface area contributed by atoms with Gasteiger partial charge in [0, 0.05) is 38.4 Å². The molecule has 0 saturated carbocycles. The normalized spacial score (nSPS) is 27.6. The fourth-order valence-corrected chi connectivity index (χ4v) is 4.32. The molecule has 1 aromatic rings. The van der Waals surface area contributed by atoms with Crippen LogP contribution in [0.1, 0.15) is 38.7 Å². The van der Waals surface area contributed by atoms with Gasteiger partial charge in [-0.1, -0.05) is 18.2 Å². The van der Waals surface area contributed by atoms with Crippen molar-refractivity contribution in [1.82, 2.24) is 10.2 Å². The molecule has 2 fully saturated rings. The van der Waals surface area contributed by atoms with Gasteiger partial charge in [-0.2, -0.15) is 0 Å². The van der Waals surface area contributed by atoms with Crippen LogP contribution < -0.4 is 5.32 Å². The lowest BCUT2D eigenvalue weighted by molar-refractivity contribution is -0.208. The molecule has 2 aliphatic heterocycles. The Balaban J connectivity index is 1.61. The van der Waals surface area contributed by atoms with Crippen molar-refractivity contribution in [3.63, 3.8) is 0 Å². The highest BCUT2D eigenvalue weighted by Gasteiger charge is 2.53. The summed E-state index contributed by atoms with van der Waals surface area (Å²) in [4.78, 5) is 14.3. The van der Waals surface area contributed by atoms with E-state index in [1.807, 2.05) is 19.9 Å². The summed E-state index contributed by atoms with van der Waals surface area (Å²) >= 11 is 0. The van der Waals surface area contributed by atoms with E-state index in [9.17, 15) is 14.3 Å². The summed E-state index contributed by atoms with van der Waals surface area (Å²) < 4.78 is 25.2. The van der Waals surface area contributed by atoms with Gasteiger partial charge >= 0.3 is 0 Å². The first-order chi connectivity index (χ1) is 13.4. The van der Waals surface area contributed by atoms with Gasteiger partial charge in [-0.15, -0.1) is 0 Å². The zero-order chi connectivity index (χ0) is 20.2. The maximum atomic E-state index is 13.9. The molecule has 0 aromatic heterocycles. The predicted molar refractivity (Wildman–Crippen MR) is 103 cm³/mol. The van der Waals surface area contributed by atoms with E-state index in [0.717, 1.165) is 0 Å². The fraction of sp³-hybridized carbons (Fsp3) is 0.667. The molecular weight excluding hydrogens is 363 g/mol. The standard InChI is InChI=1S/C21H31FN2O4/c1-3-27-15-18(25)23-20(2)10-13-28-21(19(20)26)8-11-24(12-9-21)14-16-6-4-5-7-17(16)22/h4-7,19,26H,3,8-15H2,1-2H3,(H,23,25)/t19-,20+/m1/s1. The van der Waals surface area contributed by atoms with Crippen molar-refractivity contribution >= 4 is 5.91 Å². The molecule has 2 saturated heterocycles. The number of rotatable bonds is 6. The Morgan fingerprint density at radius 2 is 2.07 bits per heavy atom. The van der Waals surface area contributed by atoms with E-state index in [2.05, 4.69) is 10.2 Å². The van der Waals surface area contributed by atoms with Gasteiger partial charge in [-0.05, 0) is 39.2 Å². The second-order valence-electron chi connectivity index (χ2n) is 8.04. The molecule has 6 nitrogen and oxygen atoms in total. The van der Waals surface area contributed by atoms with Crippen molar-refractivity contribution in [3.8, 4) is 0 Å². The Hall–Kier alpha value is -1.54. The first kappa shape index (κ1) is 21.2. The first-order valence-corrected chi connectivity index (χ1v) is 10.0. The molecule has 2 heterocycles. The Morgan fingerprint density at radius 1 is 1.36 bits per heavy atom. The van der Waals surface area contributed by atoms with E-state index >= 15 is 0 Å². The molecule has 1 aromatic carbocycles. The predicted octanol–water partition coefficient (Wildman–Crippen LogP) is 1.85. The number of hydrogen-bond acceptors (Lipinski definition) is 5. The molecule has 1 spiro atoms. The van der Waals surface area contributed by atoms with Crippen LogP contribution in [0.5, 0.6) is 0 Å². The molecule has 2 atom stereocenters. The second-order valence-corrected chi connectivity index (χ2v) is 8.04. The Morgan fingerprint density at radius 3 is 2.75 bits per heavy atom. The summed E-state index contributed by atoms with van der Waals surface area (Å²) in [5.41, 5.74) is -0.755. The van der Waals surface area contributed by atoms with Gasteiger partial charge in [0.25, 0.3) is 0 Å². The van der Waals surface area contributed by atoms with Crippen molar-refractivity contribution in [1.29, 1.82) is 0 Å². The highest BCUT2D eigenvalue weighted by atomic mass is 19.1. The smallest absolute Gasteiger partial charge is 0.246 e. The van der Waals surface area contributed by atoms with Crippen LogP contribution in [0.15, 0.2) is 24.3 Å². The quantitative estimate of drug-likeness (QED) is 0.771. The Kier molecular flexibility index (Phi) is 6.70. The summed E-state index contributed by atoms with van der Waals surface area (Å²) in [6.45, 7) is 6.60. The van der Waals surface area contributed by atoms with E-state index in [4.69, 9.17) is 9.47 Å². The third kappa shape index (κ3) is 4.54. The van der Waals surface area contributed by atoms with Crippen LogP contribution in [-0.2, 0) is 20.8 Å². The molecule has 3 rings (SSSR count). The highest BCUT2D eigenvalue weighted by Crippen LogP contribution is 2.40. The lowest BCUT2D eigenvalue weighted by atomic mass is 9.73. The second kappa shape index (κ2) is 8.86. The third-order valence-electron chi connectivity index (χ3n) is 6.03. The topological polar surface area (TPSA) is 71.0 Å². The van der Waals surface area contributed by atoms with Crippen molar-refractivity contribution < 1.29 is 23.8 Å². The number of hydrogen-bond donors (Lipinski definition) is 2. The SMILES string of the molecule is CCOCC(=O)N[C@@]1(C)CCOC2(CCN(Cc3ccccc3F)CC2)[C@@H]1O. The van der Waals surface area contributed by atoms with Crippen LogP contribution in [0.25, 0.3) is 0 Å². The molecule has 156 valence electrons. The van der Waals surface area contributed by atoms with Gasteiger partial charge in [0.2, 0.25) is 5.91 Å². The lowest BCUT2D eigenvalue weighted by Gasteiger charge is -2.53. The summed E-state index contributed by atoms with van der Waals surface area (Å²) in [5, 5.41) is 14.1. The molecule has 28 heavy (non-hydrogen) atoms. The number of nitrogens with zero attached hydrogens (tertiary/aromatic N) is 1. The van der Waals surface area contributed by atoms with E-state index in [0.29, 0.717) is 57.7 Å². The maximum absolute atomic E-state index is 13.9. The minimum absolute atomic E-state index is 0.0108. The number of likely N-dealkylation sites (tertiary alicyclic amines) is 1. The molecule has 2 aliphatic rings. The van der Waals surface area contributed by atoms with Crippen LogP contribution in [0, 0.1) is 5.82 Å². The summed E-state index contributed by atoms with van der Waals surface area (Å²) in [6, 6.07) is 6.81. The van der Waals surface area contributed by atoms with Gasteiger partial charge in [0.1, 0.15) is 18.5 Å². The molecule has 0 bridgehead atoms. The van der Waals surface area contributed by atoms with Gasteiger partial charge in [0.15, 0.2) is 0 Å². The number of aliphatic hydroxyl groups is 1. The average Bonchev–Trinajstić information content (AvgIpc) is 2.68. The number of carbonyl (C=O) groups excluding carboxylic acids is 1. The summed E-state index contributed by atoms with van der Waals surface area (Å²) in [6.07, 6.45) is 1.01. The number of amides is 1. The third-order valence-corrected chi connectivity index (χ3v) is 6.03. The first-order valence-electron chi connectivity index (χ1n) is 10.0. The lowest BCUT2D eigenvalue weighted by Crippen LogP contribution is -2.69.